The molecule has 0 heterocycles. The molecule has 1 aromatic rings. The average molecular weight is 323 g/mol. The van der Waals surface area contributed by atoms with Crippen LogP contribution in [0.3, 0.4) is 0 Å². The molecule has 0 aliphatic heterocycles. The number of benzene rings is 1. The highest BCUT2D eigenvalue weighted by atomic mass is 35.5. The molecule has 1 aromatic carbocycles. The van der Waals surface area contributed by atoms with E-state index in [1.165, 1.54) is 0 Å². The highest BCUT2D eigenvalue weighted by Gasteiger charge is 2.37. The molecule has 2 rings (SSSR count). The minimum Gasteiger partial charge on any atom is -0.352 e. The first kappa shape index (κ1) is 16.8. The molecule has 0 unspecified atom stereocenters. The number of hydrogen-bond donors (Lipinski definition) is 2. The number of rotatable bonds is 5. The lowest BCUT2D eigenvalue weighted by Gasteiger charge is -2.25. The van der Waals surface area contributed by atoms with Gasteiger partial charge in [-0.15, -0.1) is 0 Å². The van der Waals surface area contributed by atoms with E-state index in [2.05, 4.69) is 10.6 Å². The zero-order chi connectivity index (χ0) is 16.2. The zero-order valence-electron chi connectivity index (χ0n) is 13.1. The van der Waals surface area contributed by atoms with Gasteiger partial charge < -0.3 is 10.6 Å². The van der Waals surface area contributed by atoms with Crippen LogP contribution in [-0.2, 0) is 16.1 Å². The van der Waals surface area contributed by atoms with Crippen molar-refractivity contribution in [3.8, 4) is 0 Å². The van der Waals surface area contributed by atoms with Crippen molar-refractivity contribution < 1.29 is 9.59 Å². The number of nitrogens with one attached hydrogen (secondary N) is 2. The standard InChI is InChI=1S/C17H23ClN2O2/c1-17(2,16(22)20-13-8-4-5-9-13)15(21)19-11-12-7-3-6-10-14(12)18/h3,6-7,10,13H,4-5,8-9,11H2,1-2H3,(H,19,21)(H,20,22). The highest BCUT2D eigenvalue weighted by molar-refractivity contribution is 6.31. The Morgan fingerprint density at radius 2 is 1.82 bits per heavy atom. The van der Waals surface area contributed by atoms with Crippen LogP contribution in [0.1, 0.15) is 45.1 Å². The summed E-state index contributed by atoms with van der Waals surface area (Å²) in [7, 11) is 0. The van der Waals surface area contributed by atoms with Gasteiger partial charge in [-0.3, -0.25) is 9.59 Å². The Kier molecular flexibility index (Phi) is 5.46. The van der Waals surface area contributed by atoms with Crippen molar-refractivity contribution in [2.45, 2.75) is 52.1 Å². The largest absolute Gasteiger partial charge is 0.352 e. The minimum atomic E-state index is -1.09. The normalized spacial score (nSPS) is 15.6. The topological polar surface area (TPSA) is 58.2 Å². The van der Waals surface area contributed by atoms with Gasteiger partial charge in [0.2, 0.25) is 11.8 Å². The molecule has 5 heteroatoms. The average Bonchev–Trinajstić information content (AvgIpc) is 2.98. The zero-order valence-corrected chi connectivity index (χ0v) is 13.9. The Labute approximate surface area is 136 Å². The number of halogens is 1. The van der Waals surface area contributed by atoms with E-state index in [1.807, 2.05) is 18.2 Å². The molecule has 0 saturated heterocycles. The number of amides is 2. The van der Waals surface area contributed by atoms with Crippen molar-refractivity contribution in [3.05, 3.63) is 34.9 Å². The Morgan fingerprint density at radius 3 is 2.45 bits per heavy atom. The molecule has 0 spiro atoms. The second-order valence-electron chi connectivity index (χ2n) is 6.35. The van der Waals surface area contributed by atoms with Gasteiger partial charge in [0.25, 0.3) is 0 Å². The Hall–Kier alpha value is -1.55. The van der Waals surface area contributed by atoms with Crippen LogP contribution >= 0.6 is 11.6 Å². The number of carbonyl (C=O) groups is 2. The first-order valence-electron chi connectivity index (χ1n) is 7.74. The van der Waals surface area contributed by atoms with Crippen molar-refractivity contribution in [1.29, 1.82) is 0 Å². The van der Waals surface area contributed by atoms with E-state index in [0.717, 1.165) is 31.2 Å². The SMILES string of the molecule is CC(C)(C(=O)NCc1ccccc1Cl)C(=O)NC1CCCC1. The molecule has 1 aliphatic carbocycles. The van der Waals surface area contributed by atoms with E-state index in [1.54, 1.807) is 19.9 Å². The Morgan fingerprint density at radius 1 is 1.18 bits per heavy atom. The molecule has 0 aromatic heterocycles. The molecule has 0 bridgehead atoms. The molecular formula is C17H23ClN2O2. The van der Waals surface area contributed by atoms with E-state index in [4.69, 9.17) is 11.6 Å². The fourth-order valence-corrected chi connectivity index (χ4v) is 2.78. The maximum Gasteiger partial charge on any atom is 0.235 e. The first-order valence-corrected chi connectivity index (χ1v) is 8.11. The van der Waals surface area contributed by atoms with E-state index >= 15 is 0 Å². The summed E-state index contributed by atoms with van der Waals surface area (Å²) < 4.78 is 0. The fourth-order valence-electron chi connectivity index (χ4n) is 2.58. The lowest BCUT2D eigenvalue weighted by atomic mass is 9.90. The summed E-state index contributed by atoms with van der Waals surface area (Å²) in [5.41, 5.74) is -0.256. The monoisotopic (exact) mass is 322 g/mol. The molecule has 2 N–H and O–H groups in total. The van der Waals surface area contributed by atoms with Crippen molar-refractivity contribution in [2.24, 2.45) is 5.41 Å². The third kappa shape index (κ3) is 4.01. The molecular weight excluding hydrogens is 300 g/mol. The molecule has 0 radical (unpaired) electrons. The number of carbonyl (C=O) groups excluding carboxylic acids is 2. The molecule has 2 amide bonds. The summed E-state index contributed by atoms with van der Waals surface area (Å²) in [5.74, 6) is -0.501. The van der Waals surface area contributed by atoms with Crippen molar-refractivity contribution >= 4 is 23.4 Å². The smallest absolute Gasteiger partial charge is 0.235 e. The van der Waals surface area contributed by atoms with E-state index in [-0.39, 0.29) is 17.9 Å². The van der Waals surface area contributed by atoms with Crippen molar-refractivity contribution in [1.82, 2.24) is 10.6 Å². The minimum absolute atomic E-state index is 0.211. The van der Waals surface area contributed by atoms with Gasteiger partial charge in [-0.25, -0.2) is 0 Å². The third-order valence-corrected chi connectivity index (χ3v) is 4.59. The summed E-state index contributed by atoms with van der Waals surface area (Å²) in [6.45, 7) is 3.62. The van der Waals surface area contributed by atoms with Crippen molar-refractivity contribution in [2.75, 3.05) is 0 Å². The first-order chi connectivity index (χ1) is 10.4. The predicted molar refractivity (Wildman–Crippen MR) is 87.5 cm³/mol. The van der Waals surface area contributed by atoms with Gasteiger partial charge in [0.15, 0.2) is 0 Å². The van der Waals surface area contributed by atoms with Gasteiger partial charge in [0, 0.05) is 17.6 Å². The summed E-state index contributed by atoms with van der Waals surface area (Å²) in [5, 5.41) is 6.39. The van der Waals surface area contributed by atoms with Crippen LogP contribution in [0.2, 0.25) is 5.02 Å². The molecule has 120 valence electrons. The van der Waals surface area contributed by atoms with Crippen LogP contribution in [0.5, 0.6) is 0 Å². The van der Waals surface area contributed by atoms with Crippen LogP contribution in [-0.4, -0.2) is 17.9 Å². The highest BCUT2D eigenvalue weighted by Crippen LogP contribution is 2.22. The van der Waals surface area contributed by atoms with E-state index < -0.39 is 5.41 Å². The van der Waals surface area contributed by atoms with Crippen LogP contribution in [0.15, 0.2) is 24.3 Å². The lowest BCUT2D eigenvalue weighted by Crippen LogP contribution is -2.49. The van der Waals surface area contributed by atoms with Crippen LogP contribution in [0.25, 0.3) is 0 Å². The molecule has 0 atom stereocenters. The number of hydrogen-bond acceptors (Lipinski definition) is 2. The fraction of sp³-hybridized carbons (Fsp3) is 0.529. The second-order valence-corrected chi connectivity index (χ2v) is 6.76. The molecule has 4 nitrogen and oxygen atoms in total. The maximum absolute atomic E-state index is 12.3. The quantitative estimate of drug-likeness (QED) is 0.819. The molecule has 22 heavy (non-hydrogen) atoms. The summed E-state index contributed by atoms with van der Waals surface area (Å²) in [4.78, 5) is 24.7. The van der Waals surface area contributed by atoms with Gasteiger partial charge >= 0.3 is 0 Å². The predicted octanol–water partition coefficient (Wildman–Crippen LogP) is 3.04. The van der Waals surface area contributed by atoms with Gasteiger partial charge in [0.1, 0.15) is 5.41 Å². The van der Waals surface area contributed by atoms with Crippen LogP contribution in [0, 0.1) is 5.41 Å². The Balaban J connectivity index is 1.91. The summed E-state index contributed by atoms with van der Waals surface area (Å²) in [6, 6.07) is 7.55. The Bertz CT molecular complexity index is 551. The van der Waals surface area contributed by atoms with E-state index in [0.29, 0.717) is 11.6 Å². The lowest BCUT2D eigenvalue weighted by molar-refractivity contribution is -0.141. The van der Waals surface area contributed by atoms with Crippen LogP contribution in [0.4, 0.5) is 0 Å². The van der Waals surface area contributed by atoms with Gasteiger partial charge in [-0.05, 0) is 38.3 Å². The van der Waals surface area contributed by atoms with Gasteiger partial charge in [0.05, 0.1) is 0 Å². The van der Waals surface area contributed by atoms with E-state index in [9.17, 15) is 9.59 Å². The second kappa shape index (κ2) is 7.14. The summed E-state index contributed by atoms with van der Waals surface area (Å²) in [6.07, 6.45) is 4.29. The van der Waals surface area contributed by atoms with Crippen molar-refractivity contribution in [3.63, 3.8) is 0 Å². The third-order valence-electron chi connectivity index (χ3n) is 4.22. The maximum atomic E-state index is 12.3. The molecule has 1 fully saturated rings. The molecule has 1 aliphatic rings. The van der Waals surface area contributed by atoms with Crippen LogP contribution < -0.4 is 10.6 Å². The van der Waals surface area contributed by atoms with Gasteiger partial charge in [-0.2, -0.15) is 0 Å². The molecule has 1 saturated carbocycles. The summed E-state index contributed by atoms with van der Waals surface area (Å²) >= 11 is 6.07. The van der Waals surface area contributed by atoms with Gasteiger partial charge in [-0.1, -0.05) is 42.6 Å².